The van der Waals surface area contributed by atoms with Gasteiger partial charge in [-0.1, -0.05) is 36.5 Å². The molecule has 20 heavy (non-hydrogen) atoms. The lowest BCUT2D eigenvalue weighted by molar-refractivity contribution is -0.115. The van der Waals surface area contributed by atoms with Crippen LogP contribution in [0.5, 0.6) is 5.75 Å². The first kappa shape index (κ1) is 14.5. The van der Waals surface area contributed by atoms with Crippen molar-refractivity contribution in [3.63, 3.8) is 0 Å². The first-order valence-corrected chi connectivity index (χ1v) is 7.39. The Hall–Kier alpha value is -1.95. The number of ether oxygens (including phenoxy) is 1. The van der Waals surface area contributed by atoms with E-state index in [0.29, 0.717) is 18.2 Å². The van der Waals surface area contributed by atoms with Gasteiger partial charge in [-0.25, -0.2) is 0 Å². The van der Waals surface area contributed by atoms with Crippen molar-refractivity contribution in [1.29, 1.82) is 0 Å². The smallest absolute Gasteiger partial charge is 0.225 e. The Morgan fingerprint density at radius 1 is 1.30 bits per heavy atom. The quantitative estimate of drug-likeness (QED) is 0.797. The van der Waals surface area contributed by atoms with E-state index < -0.39 is 0 Å². The molecule has 0 aliphatic carbocycles. The number of nitrogens with one attached hydrogen (secondary N) is 1. The Kier molecular flexibility index (Phi) is 5.49. The second-order valence-corrected chi connectivity index (χ2v) is 5.23. The molecule has 5 nitrogen and oxygen atoms in total. The van der Waals surface area contributed by atoms with E-state index in [1.54, 1.807) is 6.92 Å². The zero-order valence-electron chi connectivity index (χ0n) is 11.3. The van der Waals surface area contributed by atoms with E-state index in [1.165, 1.54) is 11.3 Å². The van der Waals surface area contributed by atoms with E-state index >= 15 is 0 Å². The van der Waals surface area contributed by atoms with Crippen LogP contribution in [0.15, 0.2) is 30.3 Å². The standard InChI is InChI=1S/C14H17N3O2S/c1-2-12(18)15-14-17-16-13(20-14)9-6-10-19-11-7-4-3-5-8-11/h3-5,7-8H,2,6,9-10H2,1H3,(H,15,17,18). The maximum atomic E-state index is 11.2. The van der Waals surface area contributed by atoms with Crippen LogP contribution in [0.1, 0.15) is 24.8 Å². The fourth-order valence-electron chi connectivity index (χ4n) is 1.54. The number of para-hydroxylation sites is 1. The van der Waals surface area contributed by atoms with Crippen LogP contribution in [0.4, 0.5) is 5.13 Å². The molecule has 0 fully saturated rings. The number of benzene rings is 1. The molecule has 2 aromatic rings. The molecule has 1 aromatic heterocycles. The molecule has 0 bridgehead atoms. The number of nitrogens with zero attached hydrogens (tertiary/aromatic N) is 2. The van der Waals surface area contributed by atoms with Gasteiger partial charge in [-0.15, -0.1) is 10.2 Å². The molecule has 6 heteroatoms. The second-order valence-electron chi connectivity index (χ2n) is 4.17. The van der Waals surface area contributed by atoms with Gasteiger partial charge >= 0.3 is 0 Å². The van der Waals surface area contributed by atoms with Crippen molar-refractivity contribution in [3.05, 3.63) is 35.3 Å². The van der Waals surface area contributed by atoms with Crippen LogP contribution in [-0.2, 0) is 11.2 Å². The van der Waals surface area contributed by atoms with Gasteiger partial charge in [-0.05, 0) is 18.6 Å². The average Bonchev–Trinajstić information content (AvgIpc) is 2.92. The molecule has 0 spiro atoms. The van der Waals surface area contributed by atoms with Gasteiger partial charge in [0.2, 0.25) is 11.0 Å². The van der Waals surface area contributed by atoms with E-state index in [4.69, 9.17) is 4.74 Å². The summed E-state index contributed by atoms with van der Waals surface area (Å²) in [4.78, 5) is 11.2. The molecule has 0 aliphatic heterocycles. The summed E-state index contributed by atoms with van der Waals surface area (Å²) in [6.45, 7) is 2.44. The molecule has 2 rings (SSSR count). The monoisotopic (exact) mass is 291 g/mol. The lowest BCUT2D eigenvalue weighted by Crippen LogP contribution is -2.08. The number of aromatic nitrogens is 2. The molecule has 1 amide bonds. The Labute approximate surface area is 122 Å². The van der Waals surface area contributed by atoms with Crippen molar-refractivity contribution in [2.45, 2.75) is 26.2 Å². The van der Waals surface area contributed by atoms with Gasteiger partial charge in [0.15, 0.2) is 0 Å². The third-order valence-electron chi connectivity index (χ3n) is 2.58. The van der Waals surface area contributed by atoms with Crippen LogP contribution in [0.3, 0.4) is 0 Å². The molecular formula is C14H17N3O2S. The largest absolute Gasteiger partial charge is 0.494 e. The first-order chi connectivity index (χ1) is 9.78. The van der Waals surface area contributed by atoms with Crippen molar-refractivity contribution in [3.8, 4) is 5.75 Å². The average molecular weight is 291 g/mol. The van der Waals surface area contributed by atoms with Crippen molar-refractivity contribution in [2.75, 3.05) is 11.9 Å². The van der Waals surface area contributed by atoms with Crippen LogP contribution in [-0.4, -0.2) is 22.7 Å². The minimum atomic E-state index is -0.0416. The van der Waals surface area contributed by atoms with Crippen LogP contribution in [0, 0.1) is 0 Å². The van der Waals surface area contributed by atoms with E-state index in [0.717, 1.165) is 23.6 Å². The molecule has 1 aromatic carbocycles. The predicted molar refractivity (Wildman–Crippen MR) is 79.1 cm³/mol. The summed E-state index contributed by atoms with van der Waals surface area (Å²) in [6.07, 6.45) is 2.11. The normalized spacial score (nSPS) is 10.2. The van der Waals surface area contributed by atoms with Gasteiger partial charge in [-0.3, -0.25) is 4.79 Å². The van der Waals surface area contributed by atoms with Gasteiger partial charge in [0, 0.05) is 12.8 Å². The van der Waals surface area contributed by atoms with Crippen molar-refractivity contribution in [1.82, 2.24) is 10.2 Å². The number of amides is 1. The minimum Gasteiger partial charge on any atom is -0.494 e. The van der Waals surface area contributed by atoms with Crippen LogP contribution in [0.25, 0.3) is 0 Å². The zero-order chi connectivity index (χ0) is 14.2. The molecular weight excluding hydrogens is 274 g/mol. The number of aryl methyl sites for hydroxylation is 1. The third-order valence-corrected chi connectivity index (χ3v) is 3.48. The molecule has 106 valence electrons. The van der Waals surface area contributed by atoms with Gasteiger partial charge < -0.3 is 10.1 Å². The maximum absolute atomic E-state index is 11.2. The molecule has 1 N–H and O–H groups in total. The van der Waals surface area contributed by atoms with Crippen molar-refractivity contribution < 1.29 is 9.53 Å². The topological polar surface area (TPSA) is 64.1 Å². The number of hydrogen-bond donors (Lipinski definition) is 1. The summed E-state index contributed by atoms with van der Waals surface area (Å²) in [5.74, 6) is 0.834. The number of carbonyl (C=O) groups is 1. The Balaban J connectivity index is 1.70. The third kappa shape index (κ3) is 4.62. The second kappa shape index (κ2) is 7.59. The number of anilines is 1. The maximum Gasteiger partial charge on any atom is 0.225 e. The fraction of sp³-hybridized carbons (Fsp3) is 0.357. The van der Waals surface area contributed by atoms with Gasteiger partial charge in [0.25, 0.3) is 0 Å². The lowest BCUT2D eigenvalue weighted by Gasteiger charge is -2.04. The van der Waals surface area contributed by atoms with E-state index in [1.807, 2.05) is 30.3 Å². The van der Waals surface area contributed by atoms with Gasteiger partial charge in [0.1, 0.15) is 10.8 Å². The van der Waals surface area contributed by atoms with E-state index in [9.17, 15) is 4.79 Å². The Morgan fingerprint density at radius 2 is 2.10 bits per heavy atom. The van der Waals surface area contributed by atoms with Crippen molar-refractivity contribution >= 4 is 22.4 Å². The highest BCUT2D eigenvalue weighted by molar-refractivity contribution is 7.15. The highest BCUT2D eigenvalue weighted by Crippen LogP contribution is 2.17. The number of rotatable bonds is 7. The number of hydrogen-bond acceptors (Lipinski definition) is 5. The lowest BCUT2D eigenvalue weighted by atomic mass is 10.3. The van der Waals surface area contributed by atoms with E-state index in [-0.39, 0.29) is 5.91 Å². The van der Waals surface area contributed by atoms with Crippen LogP contribution < -0.4 is 10.1 Å². The minimum absolute atomic E-state index is 0.0416. The molecule has 0 saturated carbocycles. The fourth-order valence-corrected chi connectivity index (χ4v) is 2.34. The molecule has 0 saturated heterocycles. The summed E-state index contributed by atoms with van der Waals surface area (Å²) in [7, 11) is 0. The van der Waals surface area contributed by atoms with Crippen LogP contribution in [0.2, 0.25) is 0 Å². The van der Waals surface area contributed by atoms with Gasteiger partial charge in [-0.2, -0.15) is 0 Å². The number of carbonyl (C=O) groups excluding carboxylic acids is 1. The summed E-state index contributed by atoms with van der Waals surface area (Å²) in [5.41, 5.74) is 0. The summed E-state index contributed by atoms with van der Waals surface area (Å²) >= 11 is 1.41. The Morgan fingerprint density at radius 3 is 2.85 bits per heavy atom. The predicted octanol–water partition coefficient (Wildman–Crippen LogP) is 2.90. The molecule has 1 heterocycles. The van der Waals surface area contributed by atoms with E-state index in [2.05, 4.69) is 15.5 Å². The Bertz CT molecular complexity index is 542. The molecule has 0 atom stereocenters. The first-order valence-electron chi connectivity index (χ1n) is 6.58. The highest BCUT2D eigenvalue weighted by atomic mass is 32.1. The molecule has 0 unspecified atom stereocenters. The highest BCUT2D eigenvalue weighted by Gasteiger charge is 2.06. The van der Waals surface area contributed by atoms with Crippen LogP contribution >= 0.6 is 11.3 Å². The van der Waals surface area contributed by atoms with Crippen molar-refractivity contribution in [2.24, 2.45) is 0 Å². The SMILES string of the molecule is CCC(=O)Nc1nnc(CCCOc2ccccc2)s1. The van der Waals surface area contributed by atoms with Gasteiger partial charge in [0.05, 0.1) is 6.61 Å². The zero-order valence-corrected chi connectivity index (χ0v) is 12.2. The summed E-state index contributed by atoms with van der Waals surface area (Å²) < 4.78 is 5.60. The molecule has 0 radical (unpaired) electrons. The summed E-state index contributed by atoms with van der Waals surface area (Å²) in [5, 5.41) is 12.2. The molecule has 0 aliphatic rings. The summed E-state index contributed by atoms with van der Waals surface area (Å²) in [6, 6.07) is 9.72.